The molecule has 3 rings (SSSR count). The molecule has 3 nitrogen and oxygen atoms in total. The molecular weight excluding hydrogens is 230 g/mol. The molecule has 2 aliphatic rings. The van der Waals surface area contributed by atoms with Crippen LogP contribution in [0.2, 0.25) is 0 Å². The Bertz CT molecular complexity index is 372. The summed E-state index contributed by atoms with van der Waals surface area (Å²) in [7, 11) is 0. The molecule has 0 bridgehead atoms. The molecule has 1 atom stereocenters. The number of hydrogen-bond acceptors (Lipinski definition) is 4. The van der Waals surface area contributed by atoms with Crippen LogP contribution in [0.15, 0.2) is 6.20 Å². The molecule has 1 saturated carbocycles. The zero-order valence-electron chi connectivity index (χ0n) is 10.5. The van der Waals surface area contributed by atoms with Gasteiger partial charge in [-0.3, -0.25) is 4.90 Å². The summed E-state index contributed by atoms with van der Waals surface area (Å²) in [4.78, 5) is 8.44. The van der Waals surface area contributed by atoms with Crippen molar-refractivity contribution in [1.82, 2.24) is 15.2 Å². The molecule has 0 aromatic carbocycles. The van der Waals surface area contributed by atoms with Crippen LogP contribution >= 0.6 is 11.3 Å². The number of likely N-dealkylation sites (tertiary alicyclic amines) is 1. The highest BCUT2D eigenvalue weighted by Crippen LogP contribution is 2.29. The van der Waals surface area contributed by atoms with Crippen molar-refractivity contribution < 1.29 is 0 Å². The highest BCUT2D eigenvalue weighted by Gasteiger charge is 2.34. The Morgan fingerprint density at radius 2 is 2.35 bits per heavy atom. The van der Waals surface area contributed by atoms with Crippen molar-refractivity contribution in [2.75, 3.05) is 13.1 Å². The van der Waals surface area contributed by atoms with E-state index in [2.05, 4.69) is 22.1 Å². The van der Waals surface area contributed by atoms with Gasteiger partial charge in [-0.25, -0.2) is 4.98 Å². The zero-order chi connectivity index (χ0) is 11.7. The van der Waals surface area contributed by atoms with Crippen molar-refractivity contribution in [3.05, 3.63) is 16.1 Å². The average Bonchev–Trinajstić information content (AvgIpc) is 2.93. The fourth-order valence-corrected chi connectivity index (χ4v) is 3.38. The van der Waals surface area contributed by atoms with E-state index in [0.29, 0.717) is 6.04 Å². The van der Waals surface area contributed by atoms with Gasteiger partial charge in [0.05, 0.1) is 5.01 Å². The number of aromatic nitrogens is 1. The predicted octanol–water partition coefficient (Wildman–Crippen LogP) is 2.03. The standard InChI is InChI=1S/C13H21N3S/c1-2-13-15-8-12(17-13)7-14-10-5-6-16(9-10)11-3-4-11/h8,10-11,14H,2-7,9H2,1H3. The second-order valence-electron chi connectivity index (χ2n) is 5.17. The number of rotatable bonds is 5. The minimum absolute atomic E-state index is 0.697. The lowest BCUT2D eigenvalue weighted by atomic mass is 10.2. The molecule has 1 unspecified atom stereocenters. The van der Waals surface area contributed by atoms with Gasteiger partial charge in [0, 0.05) is 42.8 Å². The number of nitrogens with one attached hydrogen (secondary N) is 1. The van der Waals surface area contributed by atoms with E-state index in [1.54, 1.807) is 0 Å². The molecule has 1 aliphatic heterocycles. The summed E-state index contributed by atoms with van der Waals surface area (Å²) in [5.74, 6) is 0. The van der Waals surface area contributed by atoms with Gasteiger partial charge in [-0.05, 0) is 25.7 Å². The Kier molecular flexibility index (Phi) is 3.45. The monoisotopic (exact) mass is 251 g/mol. The molecule has 4 heteroatoms. The van der Waals surface area contributed by atoms with E-state index < -0.39 is 0 Å². The molecule has 17 heavy (non-hydrogen) atoms. The van der Waals surface area contributed by atoms with Gasteiger partial charge in [0.1, 0.15) is 0 Å². The van der Waals surface area contributed by atoms with Crippen LogP contribution in [-0.4, -0.2) is 35.1 Å². The highest BCUT2D eigenvalue weighted by atomic mass is 32.1. The van der Waals surface area contributed by atoms with E-state index in [4.69, 9.17) is 0 Å². The number of aryl methyl sites for hydroxylation is 1. The minimum Gasteiger partial charge on any atom is -0.308 e. The lowest BCUT2D eigenvalue weighted by Crippen LogP contribution is -2.32. The first-order valence-corrected chi connectivity index (χ1v) is 7.58. The lowest BCUT2D eigenvalue weighted by molar-refractivity contribution is 0.317. The highest BCUT2D eigenvalue weighted by molar-refractivity contribution is 7.11. The SMILES string of the molecule is CCc1ncc(CNC2CCN(C3CC3)C2)s1. The van der Waals surface area contributed by atoms with E-state index in [1.807, 2.05) is 17.5 Å². The van der Waals surface area contributed by atoms with Gasteiger partial charge in [-0.1, -0.05) is 6.92 Å². The summed E-state index contributed by atoms with van der Waals surface area (Å²) < 4.78 is 0. The van der Waals surface area contributed by atoms with E-state index >= 15 is 0 Å². The van der Waals surface area contributed by atoms with Gasteiger partial charge < -0.3 is 5.32 Å². The summed E-state index contributed by atoms with van der Waals surface area (Å²) >= 11 is 1.85. The molecule has 1 N–H and O–H groups in total. The molecule has 0 spiro atoms. The van der Waals surface area contributed by atoms with Crippen molar-refractivity contribution in [3.63, 3.8) is 0 Å². The first-order chi connectivity index (χ1) is 8.35. The number of thiazole rings is 1. The number of nitrogens with zero attached hydrogens (tertiary/aromatic N) is 2. The van der Waals surface area contributed by atoms with Crippen LogP contribution in [-0.2, 0) is 13.0 Å². The minimum atomic E-state index is 0.697. The van der Waals surface area contributed by atoms with E-state index in [-0.39, 0.29) is 0 Å². The van der Waals surface area contributed by atoms with Crippen molar-refractivity contribution in [2.45, 2.75) is 51.2 Å². The second kappa shape index (κ2) is 5.04. The second-order valence-corrected chi connectivity index (χ2v) is 6.37. The Labute approximate surface area is 107 Å². The van der Waals surface area contributed by atoms with Gasteiger partial charge in [0.15, 0.2) is 0 Å². The van der Waals surface area contributed by atoms with Crippen LogP contribution in [0.3, 0.4) is 0 Å². The zero-order valence-corrected chi connectivity index (χ0v) is 11.3. The Morgan fingerprint density at radius 1 is 1.47 bits per heavy atom. The van der Waals surface area contributed by atoms with Crippen molar-refractivity contribution in [1.29, 1.82) is 0 Å². The Hall–Kier alpha value is -0.450. The largest absolute Gasteiger partial charge is 0.308 e. The van der Waals surface area contributed by atoms with E-state index in [0.717, 1.165) is 19.0 Å². The quantitative estimate of drug-likeness (QED) is 0.868. The third-order valence-electron chi connectivity index (χ3n) is 3.75. The predicted molar refractivity (Wildman–Crippen MR) is 71.3 cm³/mol. The first kappa shape index (κ1) is 11.6. The molecule has 1 aliphatic carbocycles. The lowest BCUT2D eigenvalue weighted by Gasteiger charge is -2.15. The molecule has 2 heterocycles. The summed E-state index contributed by atoms with van der Waals surface area (Å²) in [5.41, 5.74) is 0. The Balaban J connectivity index is 1.44. The Morgan fingerprint density at radius 3 is 3.06 bits per heavy atom. The van der Waals surface area contributed by atoms with Gasteiger partial charge in [0.25, 0.3) is 0 Å². The summed E-state index contributed by atoms with van der Waals surface area (Å²) in [6.45, 7) is 5.72. The fourth-order valence-electron chi connectivity index (χ4n) is 2.56. The smallest absolute Gasteiger partial charge is 0.0925 e. The van der Waals surface area contributed by atoms with Crippen LogP contribution < -0.4 is 5.32 Å². The molecule has 94 valence electrons. The van der Waals surface area contributed by atoms with Crippen LogP contribution in [0.5, 0.6) is 0 Å². The summed E-state index contributed by atoms with van der Waals surface area (Å²) in [5, 5.41) is 4.93. The molecule has 0 radical (unpaired) electrons. The third-order valence-corrected chi connectivity index (χ3v) is 4.89. The maximum atomic E-state index is 4.40. The molecule has 1 aromatic heterocycles. The van der Waals surface area contributed by atoms with Gasteiger partial charge >= 0.3 is 0 Å². The maximum Gasteiger partial charge on any atom is 0.0925 e. The maximum absolute atomic E-state index is 4.40. The summed E-state index contributed by atoms with van der Waals surface area (Å²) in [6.07, 6.45) is 7.27. The van der Waals surface area contributed by atoms with Crippen LogP contribution in [0, 0.1) is 0 Å². The third kappa shape index (κ3) is 2.87. The van der Waals surface area contributed by atoms with E-state index in [9.17, 15) is 0 Å². The van der Waals surface area contributed by atoms with Crippen LogP contribution in [0.1, 0.15) is 36.1 Å². The van der Waals surface area contributed by atoms with Crippen LogP contribution in [0.4, 0.5) is 0 Å². The molecule has 0 amide bonds. The molecular formula is C13H21N3S. The normalized spacial score (nSPS) is 25.6. The van der Waals surface area contributed by atoms with Crippen molar-refractivity contribution in [3.8, 4) is 0 Å². The first-order valence-electron chi connectivity index (χ1n) is 6.76. The average molecular weight is 251 g/mol. The fraction of sp³-hybridized carbons (Fsp3) is 0.769. The van der Waals surface area contributed by atoms with Crippen molar-refractivity contribution in [2.24, 2.45) is 0 Å². The summed E-state index contributed by atoms with van der Waals surface area (Å²) in [6, 6.07) is 1.62. The number of hydrogen-bond donors (Lipinski definition) is 1. The van der Waals surface area contributed by atoms with Crippen molar-refractivity contribution >= 4 is 11.3 Å². The van der Waals surface area contributed by atoms with Gasteiger partial charge in [-0.15, -0.1) is 11.3 Å². The molecule has 1 saturated heterocycles. The molecule has 1 aromatic rings. The van der Waals surface area contributed by atoms with Crippen LogP contribution in [0.25, 0.3) is 0 Å². The topological polar surface area (TPSA) is 28.2 Å². The van der Waals surface area contributed by atoms with E-state index in [1.165, 1.54) is 42.2 Å². The van der Waals surface area contributed by atoms with Gasteiger partial charge in [0.2, 0.25) is 0 Å². The van der Waals surface area contributed by atoms with Gasteiger partial charge in [-0.2, -0.15) is 0 Å². The molecule has 2 fully saturated rings.